The number of nitrogen functional groups attached to an aromatic ring is 1. The van der Waals surface area contributed by atoms with E-state index in [0.717, 1.165) is 18.4 Å². The van der Waals surface area contributed by atoms with Crippen LogP contribution in [0.25, 0.3) is 0 Å². The molecule has 2 heterocycles. The van der Waals surface area contributed by atoms with Crippen LogP contribution in [-0.4, -0.2) is 33.9 Å². The van der Waals surface area contributed by atoms with Crippen LogP contribution in [-0.2, 0) is 14.3 Å². The largest absolute Gasteiger partial charge is 0.459 e. The zero-order valence-electron chi connectivity index (χ0n) is 12.0. The van der Waals surface area contributed by atoms with Crippen LogP contribution >= 0.6 is 0 Å². The number of carbonyl (C=O) groups is 1. The topological polar surface area (TPSA) is 94.7 Å². The maximum absolute atomic E-state index is 11.3. The van der Waals surface area contributed by atoms with Crippen molar-refractivity contribution in [2.24, 2.45) is 0 Å². The molecule has 1 saturated carbocycles. The van der Waals surface area contributed by atoms with Gasteiger partial charge in [-0.2, -0.15) is 0 Å². The van der Waals surface area contributed by atoms with Crippen LogP contribution in [0.5, 0.6) is 0 Å². The number of ether oxygens (including phenoxy) is 2. The van der Waals surface area contributed by atoms with Gasteiger partial charge in [0.2, 0.25) is 0 Å². The van der Waals surface area contributed by atoms with Crippen LogP contribution in [0.2, 0.25) is 0 Å². The second-order valence-electron chi connectivity index (χ2n) is 5.84. The van der Waals surface area contributed by atoms with Crippen molar-refractivity contribution in [3.63, 3.8) is 0 Å². The molecule has 0 amide bonds. The summed E-state index contributed by atoms with van der Waals surface area (Å²) in [7, 11) is 0. The van der Waals surface area contributed by atoms with Crippen LogP contribution in [0.3, 0.4) is 0 Å². The Hall–Kier alpha value is -1.66. The molecule has 6 nitrogen and oxygen atoms in total. The predicted molar refractivity (Wildman–Crippen MR) is 75.2 cm³/mol. The van der Waals surface area contributed by atoms with Crippen LogP contribution in [0.15, 0.2) is 18.5 Å². The van der Waals surface area contributed by atoms with Gasteiger partial charge >= 0.3 is 5.97 Å². The number of fused-ring (bicyclic) bond motifs is 1. The molecule has 21 heavy (non-hydrogen) atoms. The van der Waals surface area contributed by atoms with Crippen molar-refractivity contribution in [1.29, 1.82) is 0 Å². The number of anilines is 1. The summed E-state index contributed by atoms with van der Waals surface area (Å²) in [6.07, 6.45) is 4.67. The first kappa shape index (κ1) is 14.3. The number of esters is 1. The number of hydrogen-bond donors (Lipinski definition) is 2. The Balaban J connectivity index is 1.89. The molecule has 0 unspecified atom stereocenters. The molecule has 6 heteroatoms. The summed E-state index contributed by atoms with van der Waals surface area (Å²) in [4.78, 5) is 15.3. The van der Waals surface area contributed by atoms with Gasteiger partial charge in [0.05, 0.1) is 24.1 Å². The third-order valence-corrected chi connectivity index (χ3v) is 4.46. The summed E-state index contributed by atoms with van der Waals surface area (Å²) in [5.74, 6) is -0.387. The summed E-state index contributed by atoms with van der Waals surface area (Å²) in [5, 5.41) is 10.8. The van der Waals surface area contributed by atoms with Crippen LogP contribution in [0.4, 0.5) is 5.69 Å². The molecule has 2 aliphatic rings. The van der Waals surface area contributed by atoms with Gasteiger partial charge < -0.3 is 20.3 Å². The second-order valence-corrected chi connectivity index (χ2v) is 5.84. The number of pyridine rings is 1. The van der Waals surface area contributed by atoms with Gasteiger partial charge in [0.1, 0.15) is 11.7 Å². The van der Waals surface area contributed by atoms with Gasteiger partial charge in [-0.05, 0) is 25.3 Å². The second kappa shape index (κ2) is 5.27. The van der Waals surface area contributed by atoms with E-state index in [2.05, 4.69) is 4.98 Å². The first-order chi connectivity index (χ1) is 10.0. The lowest BCUT2D eigenvalue weighted by molar-refractivity contribution is -0.227. The summed E-state index contributed by atoms with van der Waals surface area (Å²) in [5.41, 5.74) is 6.25. The molecule has 1 aliphatic heterocycles. The Morgan fingerprint density at radius 2 is 2.43 bits per heavy atom. The van der Waals surface area contributed by atoms with E-state index in [1.807, 2.05) is 6.07 Å². The molecular weight excluding hydrogens is 272 g/mol. The smallest absolute Gasteiger partial charge is 0.303 e. The van der Waals surface area contributed by atoms with Crippen molar-refractivity contribution >= 4 is 11.7 Å². The summed E-state index contributed by atoms with van der Waals surface area (Å²) < 4.78 is 11.4. The summed E-state index contributed by atoms with van der Waals surface area (Å²) >= 11 is 0. The Kier molecular flexibility index (Phi) is 3.59. The maximum Gasteiger partial charge on any atom is 0.303 e. The molecule has 3 rings (SSSR count). The van der Waals surface area contributed by atoms with Gasteiger partial charge in [0, 0.05) is 25.1 Å². The standard InChI is InChI=1S/C15H20N2O4/c1-9(18)20-14-7-12(10-4-6-17-8-11(10)16)21-13-3-2-5-15(13,14)19/h4,6,8,12-14,19H,2-3,5,7,16H2,1H3/t12-,13-,14-,15+/m0/s1. The highest BCUT2D eigenvalue weighted by atomic mass is 16.6. The average Bonchev–Trinajstić information content (AvgIpc) is 2.81. The molecule has 0 aromatic carbocycles. The molecule has 0 spiro atoms. The Morgan fingerprint density at radius 1 is 1.62 bits per heavy atom. The normalized spacial score (nSPS) is 35.2. The molecule has 114 valence electrons. The third-order valence-electron chi connectivity index (χ3n) is 4.46. The van der Waals surface area contributed by atoms with Gasteiger partial charge in [-0.3, -0.25) is 9.78 Å². The van der Waals surface area contributed by atoms with Crippen LogP contribution in [0, 0.1) is 0 Å². The number of carbonyl (C=O) groups excluding carboxylic acids is 1. The SMILES string of the molecule is CC(=O)O[C@H]1C[C@@H](c2ccncc2N)O[C@H]2CCC[C@]12O. The minimum atomic E-state index is -1.08. The fraction of sp³-hybridized carbons (Fsp3) is 0.600. The van der Waals surface area contributed by atoms with Crippen molar-refractivity contribution in [3.05, 3.63) is 24.0 Å². The van der Waals surface area contributed by atoms with Gasteiger partial charge in [0.15, 0.2) is 0 Å². The fourth-order valence-corrected chi connectivity index (χ4v) is 3.45. The Labute approximate surface area is 123 Å². The molecule has 4 atom stereocenters. The van der Waals surface area contributed by atoms with Crippen LogP contribution in [0.1, 0.15) is 44.3 Å². The lowest BCUT2D eigenvalue weighted by Crippen LogP contribution is -2.55. The van der Waals surface area contributed by atoms with Crippen molar-refractivity contribution in [2.75, 3.05) is 5.73 Å². The zero-order chi connectivity index (χ0) is 15.0. The molecule has 3 N–H and O–H groups in total. The van der Waals surface area contributed by atoms with E-state index in [0.29, 0.717) is 18.5 Å². The van der Waals surface area contributed by atoms with E-state index < -0.39 is 11.7 Å². The van der Waals surface area contributed by atoms with E-state index in [9.17, 15) is 9.90 Å². The monoisotopic (exact) mass is 292 g/mol. The minimum absolute atomic E-state index is 0.291. The molecule has 0 radical (unpaired) electrons. The van der Waals surface area contributed by atoms with Crippen molar-refractivity contribution < 1.29 is 19.4 Å². The predicted octanol–water partition coefficient (Wildman–Crippen LogP) is 1.34. The average molecular weight is 292 g/mol. The molecule has 1 aliphatic carbocycles. The van der Waals surface area contributed by atoms with E-state index >= 15 is 0 Å². The first-order valence-corrected chi connectivity index (χ1v) is 7.25. The quantitative estimate of drug-likeness (QED) is 0.799. The lowest BCUT2D eigenvalue weighted by atomic mass is 9.84. The van der Waals surface area contributed by atoms with Gasteiger partial charge in [0.25, 0.3) is 0 Å². The van der Waals surface area contributed by atoms with E-state index in [4.69, 9.17) is 15.2 Å². The lowest BCUT2D eigenvalue weighted by Gasteiger charge is -2.44. The zero-order valence-corrected chi connectivity index (χ0v) is 12.0. The first-order valence-electron chi connectivity index (χ1n) is 7.25. The highest BCUT2D eigenvalue weighted by molar-refractivity contribution is 5.66. The summed E-state index contributed by atoms with van der Waals surface area (Å²) in [6.45, 7) is 1.36. The number of nitrogens with two attached hydrogens (primary N) is 1. The van der Waals surface area contributed by atoms with Crippen LogP contribution < -0.4 is 5.73 Å². The summed E-state index contributed by atoms with van der Waals surface area (Å²) in [6, 6.07) is 1.81. The molecule has 0 bridgehead atoms. The van der Waals surface area contributed by atoms with Gasteiger partial charge in [-0.25, -0.2) is 0 Å². The highest BCUT2D eigenvalue weighted by Gasteiger charge is 2.54. The molecule has 1 aromatic heterocycles. The van der Waals surface area contributed by atoms with E-state index in [-0.39, 0.29) is 18.2 Å². The number of nitrogens with zero attached hydrogens (tertiary/aromatic N) is 1. The van der Waals surface area contributed by atoms with Gasteiger partial charge in [-0.1, -0.05) is 0 Å². The van der Waals surface area contributed by atoms with Crippen molar-refractivity contribution in [1.82, 2.24) is 4.98 Å². The number of rotatable bonds is 2. The van der Waals surface area contributed by atoms with Crippen molar-refractivity contribution in [3.8, 4) is 0 Å². The molecule has 1 aromatic rings. The number of hydrogen-bond acceptors (Lipinski definition) is 6. The maximum atomic E-state index is 11.3. The molecule has 1 saturated heterocycles. The number of aliphatic hydroxyl groups is 1. The number of aromatic nitrogens is 1. The Bertz CT molecular complexity index is 550. The minimum Gasteiger partial charge on any atom is -0.459 e. The highest BCUT2D eigenvalue weighted by Crippen LogP contribution is 2.47. The molecular formula is C15H20N2O4. The fourth-order valence-electron chi connectivity index (χ4n) is 3.45. The van der Waals surface area contributed by atoms with E-state index in [1.165, 1.54) is 6.92 Å². The Morgan fingerprint density at radius 3 is 3.14 bits per heavy atom. The van der Waals surface area contributed by atoms with Gasteiger partial charge in [-0.15, -0.1) is 0 Å². The molecule has 2 fully saturated rings. The van der Waals surface area contributed by atoms with E-state index in [1.54, 1.807) is 12.4 Å². The third kappa shape index (κ3) is 2.49. The van der Waals surface area contributed by atoms with Crippen molar-refractivity contribution in [2.45, 2.75) is 56.5 Å².